The largest absolute Gasteiger partial charge is 0.465 e. The molecule has 4 aromatic rings. The van der Waals surface area contributed by atoms with Gasteiger partial charge in [0.1, 0.15) is 0 Å². The molecule has 9 heteroatoms. The maximum Gasteiger partial charge on any atom is 0.413 e. The van der Waals surface area contributed by atoms with Gasteiger partial charge in [0.05, 0.1) is 16.7 Å². The average Bonchev–Trinajstić information content (AvgIpc) is 3.37. The molecule has 0 saturated carbocycles. The Morgan fingerprint density at radius 2 is 1.97 bits per heavy atom. The fraction of sp³-hybridized carbons (Fsp3) is 0.115. The van der Waals surface area contributed by atoms with Crippen LogP contribution in [0.5, 0.6) is 0 Å². The number of nitrogens with zero attached hydrogens (tertiary/aromatic N) is 3. The van der Waals surface area contributed by atoms with Crippen LogP contribution in [0.15, 0.2) is 54.6 Å². The highest BCUT2D eigenvalue weighted by atomic mass is 35.5. The normalized spacial score (nSPS) is 16.9. The molecule has 5 rings (SSSR count). The first-order chi connectivity index (χ1) is 16.7. The number of carbonyl (C=O) groups is 2. The van der Waals surface area contributed by atoms with Gasteiger partial charge in [-0.2, -0.15) is 0 Å². The number of terminal acetylenes is 1. The van der Waals surface area contributed by atoms with Gasteiger partial charge in [0, 0.05) is 34.3 Å². The Labute approximate surface area is 205 Å². The second-order valence-electron chi connectivity index (χ2n) is 8.23. The first kappa shape index (κ1) is 22.5. The van der Waals surface area contributed by atoms with E-state index in [0.29, 0.717) is 49.6 Å². The molecule has 0 radical (unpaired) electrons. The molecule has 35 heavy (non-hydrogen) atoms. The standard InChI is InChI=1S/C26H19ClN4O4/c1-4-15-11-17(27)13-22(14(15)2)31-23(32)18-7-5-6-8-19(18)26(31,35)16-9-10-20-21(12-16)29-24(28-20)30(3)25(33)34/h1,5-13,35H,2-3H3,(H,28,29)(H,33,34). The summed E-state index contributed by atoms with van der Waals surface area (Å²) in [6.07, 6.45) is 4.49. The second-order valence-corrected chi connectivity index (χ2v) is 8.67. The molecule has 174 valence electrons. The molecule has 1 unspecified atom stereocenters. The summed E-state index contributed by atoms with van der Waals surface area (Å²) in [5.41, 5.74) is 1.70. The summed E-state index contributed by atoms with van der Waals surface area (Å²) in [6.45, 7) is 1.77. The number of aliphatic hydroxyl groups is 1. The van der Waals surface area contributed by atoms with Gasteiger partial charge < -0.3 is 15.2 Å². The molecule has 1 aromatic heterocycles. The van der Waals surface area contributed by atoms with Gasteiger partial charge in [0.25, 0.3) is 5.91 Å². The lowest BCUT2D eigenvalue weighted by molar-refractivity contribution is 0.0703. The van der Waals surface area contributed by atoms with Crippen LogP contribution in [0.25, 0.3) is 11.0 Å². The highest BCUT2D eigenvalue weighted by Gasteiger charge is 2.51. The van der Waals surface area contributed by atoms with Crippen molar-refractivity contribution in [1.29, 1.82) is 0 Å². The fourth-order valence-electron chi connectivity index (χ4n) is 4.44. The van der Waals surface area contributed by atoms with E-state index in [-0.39, 0.29) is 5.95 Å². The van der Waals surface area contributed by atoms with Crippen molar-refractivity contribution in [2.24, 2.45) is 0 Å². The smallest absolute Gasteiger partial charge is 0.413 e. The third-order valence-electron chi connectivity index (χ3n) is 6.28. The van der Waals surface area contributed by atoms with Crippen LogP contribution in [0.3, 0.4) is 0 Å². The Morgan fingerprint density at radius 1 is 1.23 bits per heavy atom. The van der Waals surface area contributed by atoms with Crippen molar-refractivity contribution in [3.8, 4) is 12.3 Å². The van der Waals surface area contributed by atoms with Crippen molar-refractivity contribution >= 4 is 46.3 Å². The summed E-state index contributed by atoms with van der Waals surface area (Å²) < 4.78 is 0. The van der Waals surface area contributed by atoms with Gasteiger partial charge in [-0.15, -0.1) is 6.42 Å². The minimum Gasteiger partial charge on any atom is -0.465 e. The molecule has 3 aromatic carbocycles. The van der Waals surface area contributed by atoms with Gasteiger partial charge in [-0.1, -0.05) is 41.8 Å². The van der Waals surface area contributed by atoms with E-state index in [1.807, 2.05) is 0 Å². The summed E-state index contributed by atoms with van der Waals surface area (Å²) in [5, 5.41) is 21.9. The van der Waals surface area contributed by atoms with Crippen LogP contribution >= 0.6 is 11.6 Å². The molecular formula is C26H19ClN4O4. The van der Waals surface area contributed by atoms with E-state index in [1.54, 1.807) is 61.5 Å². The first-order valence-electron chi connectivity index (χ1n) is 10.6. The number of carbonyl (C=O) groups excluding carboxylic acids is 1. The van der Waals surface area contributed by atoms with Crippen LogP contribution in [0, 0.1) is 19.3 Å². The number of aromatic amines is 1. The van der Waals surface area contributed by atoms with Gasteiger partial charge in [-0.25, -0.2) is 9.78 Å². The SMILES string of the molecule is C#Cc1cc(Cl)cc(N2C(=O)c3ccccc3C2(O)c2ccc3nc(N(C)C(=O)O)[nH]c3c2)c1C. The van der Waals surface area contributed by atoms with E-state index in [4.69, 9.17) is 18.0 Å². The number of halogens is 1. The Morgan fingerprint density at radius 3 is 2.69 bits per heavy atom. The summed E-state index contributed by atoms with van der Waals surface area (Å²) >= 11 is 6.33. The first-order valence-corrected chi connectivity index (χ1v) is 10.9. The summed E-state index contributed by atoms with van der Waals surface area (Å²) in [4.78, 5) is 34.5. The monoisotopic (exact) mass is 486 g/mol. The Kier molecular flexibility index (Phi) is 5.06. The van der Waals surface area contributed by atoms with E-state index >= 15 is 0 Å². The summed E-state index contributed by atoms with van der Waals surface area (Å²) in [5.74, 6) is 2.30. The number of nitrogens with one attached hydrogen (secondary N) is 1. The quantitative estimate of drug-likeness (QED) is 0.370. The minimum absolute atomic E-state index is 0.126. The number of aromatic nitrogens is 2. The molecule has 0 fully saturated rings. The van der Waals surface area contributed by atoms with Crippen molar-refractivity contribution < 1.29 is 19.8 Å². The predicted molar refractivity (Wildman–Crippen MR) is 133 cm³/mol. The molecule has 1 aliphatic heterocycles. The lowest BCUT2D eigenvalue weighted by Gasteiger charge is -2.36. The Balaban J connectivity index is 1.76. The van der Waals surface area contributed by atoms with Gasteiger partial charge in [-0.3, -0.25) is 14.6 Å². The number of amides is 2. The van der Waals surface area contributed by atoms with E-state index < -0.39 is 17.7 Å². The number of hydrogen-bond donors (Lipinski definition) is 3. The highest BCUT2D eigenvalue weighted by molar-refractivity contribution is 6.31. The van der Waals surface area contributed by atoms with Crippen molar-refractivity contribution in [1.82, 2.24) is 9.97 Å². The Bertz CT molecular complexity index is 1590. The van der Waals surface area contributed by atoms with Gasteiger partial charge >= 0.3 is 6.09 Å². The van der Waals surface area contributed by atoms with E-state index in [9.17, 15) is 19.8 Å². The van der Waals surface area contributed by atoms with Crippen LogP contribution in [0.4, 0.5) is 16.4 Å². The number of rotatable bonds is 3. The Hall–Kier alpha value is -4.32. The maximum absolute atomic E-state index is 13.7. The number of benzene rings is 3. The topological polar surface area (TPSA) is 110 Å². The number of H-pyrrole nitrogens is 1. The molecule has 0 aliphatic carbocycles. The highest BCUT2D eigenvalue weighted by Crippen LogP contribution is 2.47. The number of carboxylic acid groups (broad SMARTS) is 1. The van der Waals surface area contributed by atoms with E-state index in [1.165, 1.54) is 11.9 Å². The zero-order chi connectivity index (χ0) is 25.1. The molecule has 0 spiro atoms. The fourth-order valence-corrected chi connectivity index (χ4v) is 4.65. The minimum atomic E-state index is -1.90. The van der Waals surface area contributed by atoms with Gasteiger partial charge in [0.15, 0.2) is 5.72 Å². The molecule has 1 aliphatic rings. The molecule has 3 N–H and O–H groups in total. The molecule has 0 bridgehead atoms. The zero-order valence-corrected chi connectivity index (χ0v) is 19.5. The van der Waals surface area contributed by atoms with E-state index in [0.717, 1.165) is 4.90 Å². The van der Waals surface area contributed by atoms with Gasteiger partial charge in [0.2, 0.25) is 5.95 Å². The molecular weight excluding hydrogens is 468 g/mol. The molecule has 0 saturated heterocycles. The summed E-state index contributed by atoms with van der Waals surface area (Å²) in [6, 6.07) is 15.0. The molecule has 2 amide bonds. The number of anilines is 2. The van der Waals surface area contributed by atoms with E-state index in [2.05, 4.69) is 15.9 Å². The predicted octanol–water partition coefficient (Wildman–Crippen LogP) is 4.47. The molecule has 2 heterocycles. The third kappa shape index (κ3) is 3.25. The average molecular weight is 487 g/mol. The van der Waals surface area contributed by atoms with Crippen LogP contribution < -0.4 is 9.80 Å². The van der Waals surface area contributed by atoms with Crippen LogP contribution in [-0.4, -0.2) is 39.2 Å². The van der Waals surface area contributed by atoms with Crippen LogP contribution in [0.2, 0.25) is 5.02 Å². The number of fused-ring (bicyclic) bond motifs is 2. The lowest BCUT2D eigenvalue weighted by atomic mass is 9.92. The van der Waals surface area contributed by atoms with Gasteiger partial charge in [-0.05, 0) is 42.8 Å². The second kappa shape index (κ2) is 7.87. The van der Waals surface area contributed by atoms with Crippen LogP contribution in [0.1, 0.15) is 32.6 Å². The van der Waals surface area contributed by atoms with Crippen molar-refractivity contribution in [2.45, 2.75) is 12.6 Å². The van der Waals surface area contributed by atoms with Crippen LogP contribution in [-0.2, 0) is 5.72 Å². The molecule has 1 atom stereocenters. The van der Waals surface area contributed by atoms with Crippen molar-refractivity contribution in [2.75, 3.05) is 16.8 Å². The maximum atomic E-state index is 13.7. The third-order valence-corrected chi connectivity index (χ3v) is 6.50. The zero-order valence-electron chi connectivity index (χ0n) is 18.7. The van der Waals surface area contributed by atoms with Crippen molar-refractivity contribution in [3.05, 3.63) is 87.4 Å². The van der Waals surface area contributed by atoms with Crippen molar-refractivity contribution in [3.63, 3.8) is 0 Å². The summed E-state index contributed by atoms with van der Waals surface area (Å²) in [7, 11) is 1.37. The number of hydrogen-bond acceptors (Lipinski definition) is 4. The number of imidazole rings is 1. The lowest BCUT2D eigenvalue weighted by Crippen LogP contribution is -2.45. The molecule has 8 nitrogen and oxygen atoms in total.